The smallest absolute Gasteiger partial charge is 0.363 e. The van der Waals surface area contributed by atoms with Gasteiger partial charge in [0.2, 0.25) is 5.90 Å². The number of methoxy groups -OCH3 is 2. The van der Waals surface area contributed by atoms with Crippen molar-refractivity contribution in [3.8, 4) is 11.5 Å². The van der Waals surface area contributed by atoms with Crippen LogP contribution in [0.3, 0.4) is 0 Å². The summed E-state index contributed by atoms with van der Waals surface area (Å²) < 4.78 is 17.0. The SMILES string of the molecule is COc1cccc(C=C2N=C(c3ccc(I)cc3)OC2=O)c1OC. The van der Waals surface area contributed by atoms with Gasteiger partial charge in [0.1, 0.15) is 0 Å². The molecular formula is C18H14INO4. The van der Waals surface area contributed by atoms with Crippen LogP contribution in [0.15, 0.2) is 53.2 Å². The first kappa shape index (κ1) is 16.5. The van der Waals surface area contributed by atoms with Gasteiger partial charge in [-0.3, -0.25) is 0 Å². The third kappa shape index (κ3) is 3.28. The van der Waals surface area contributed by atoms with E-state index in [1.807, 2.05) is 36.4 Å². The Morgan fingerprint density at radius 2 is 1.83 bits per heavy atom. The molecule has 0 amide bonds. The molecule has 0 unspecified atom stereocenters. The molecule has 122 valence electrons. The van der Waals surface area contributed by atoms with E-state index in [2.05, 4.69) is 27.6 Å². The third-order valence-corrected chi connectivity index (χ3v) is 4.16. The van der Waals surface area contributed by atoms with Gasteiger partial charge in [0.25, 0.3) is 0 Å². The molecule has 0 saturated heterocycles. The molecule has 0 spiro atoms. The fraction of sp³-hybridized carbons (Fsp3) is 0.111. The summed E-state index contributed by atoms with van der Waals surface area (Å²) in [6.45, 7) is 0. The monoisotopic (exact) mass is 435 g/mol. The molecule has 3 rings (SSSR count). The van der Waals surface area contributed by atoms with Crippen molar-refractivity contribution in [3.63, 3.8) is 0 Å². The highest BCUT2D eigenvalue weighted by molar-refractivity contribution is 14.1. The van der Waals surface area contributed by atoms with Gasteiger partial charge in [-0.15, -0.1) is 0 Å². The zero-order valence-electron chi connectivity index (χ0n) is 13.1. The Hall–Kier alpha value is -2.35. The van der Waals surface area contributed by atoms with Crippen LogP contribution in [-0.4, -0.2) is 26.1 Å². The maximum absolute atomic E-state index is 12.1. The maximum atomic E-state index is 12.1. The Bertz CT molecular complexity index is 841. The zero-order chi connectivity index (χ0) is 17.1. The molecule has 1 aliphatic rings. The molecule has 0 N–H and O–H groups in total. The molecule has 1 heterocycles. The summed E-state index contributed by atoms with van der Waals surface area (Å²) in [5.41, 5.74) is 1.66. The van der Waals surface area contributed by atoms with Crippen LogP contribution in [0.2, 0.25) is 0 Å². The van der Waals surface area contributed by atoms with Crippen molar-refractivity contribution in [2.24, 2.45) is 4.99 Å². The Morgan fingerprint density at radius 3 is 2.50 bits per heavy atom. The Morgan fingerprint density at radius 1 is 1.08 bits per heavy atom. The van der Waals surface area contributed by atoms with Gasteiger partial charge in [-0.1, -0.05) is 12.1 Å². The quantitative estimate of drug-likeness (QED) is 0.418. The number of cyclic esters (lactones) is 1. The van der Waals surface area contributed by atoms with Gasteiger partial charge in [-0.05, 0) is 59.0 Å². The van der Waals surface area contributed by atoms with Gasteiger partial charge in [-0.2, -0.15) is 0 Å². The lowest BCUT2D eigenvalue weighted by Crippen LogP contribution is -2.05. The van der Waals surface area contributed by atoms with Crippen LogP contribution >= 0.6 is 22.6 Å². The van der Waals surface area contributed by atoms with Crippen molar-refractivity contribution >= 4 is 40.5 Å². The van der Waals surface area contributed by atoms with E-state index in [1.54, 1.807) is 26.4 Å². The Balaban J connectivity index is 1.99. The topological polar surface area (TPSA) is 57.1 Å². The van der Waals surface area contributed by atoms with Gasteiger partial charge in [-0.25, -0.2) is 9.79 Å². The van der Waals surface area contributed by atoms with Crippen molar-refractivity contribution < 1.29 is 19.0 Å². The number of carbonyl (C=O) groups excluding carboxylic acids is 1. The van der Waals surface area contributed by atoms with E-state index in [0.717, 1.165) is 9.13 Å². The summed E-state index contributed by atoms with van der Waals surface area (Å²) in [5, 5.41) is 0. The number of ether oxygens (including phenoxy) is 3. The first-order valence-electron chi connectivity index (χ1n) is 7.12. The minimum absolute atomic E-state index is 0.218. The number of carbonyl (C=O) groups is 1. The first-order valence-corrected chi connectivity index (χ1v) is 8.19. The van der Waals surface area contributed by atoms with E-state index in [1.165, 1.54) is 0 Å². The van der Waals surface area contributed by atoms with E-state index in [-0.39, 0.29) is 5.70 Å². The molecule has 24 heavy (non-hydrogen) atoms. The highest BCUT2D eigenvalue weighted by Gasteiger charge is 2.24. The van der Waals surface area contributed by atoms with Gasteiger partial charge in [0, 0.05) is 14.7 Å². The van der Waals surface area contributed by atoms with Gasteiger partial charge < -0.3 is 14.2 Å². The normalized spacial score (nSPS) is 15.2. The summed E-state index contributed by atoms with van der Waals surface area (Å²) in [6.07, 6.45) is 1.63. The minimum atomic E-state index is -0.492. The van der Waals surface area contributed by atoms with Gasteiger partial charge in [0.15, 0.2) is 17.2 Å². The number of benzene rings is 2. The molecule has 0 bridgehead atoms. The third-order valence-electron chi connectivity index (χ3n) is 3.44. The average Bonchev–Trinajstić information content (AvgIpc) is 2.96. The number of nitrogens with zero attached hydrogens (tertiary/aromatic N) is 1. The second-order valence-electron chi connectivity index (χ2n) is 4.93. The predicted octanol–water partition coefficient (Wildman–Crippen LogP) is 3.65. The van der Waals surface area contributed by atoms with E-state index < -0.39 is 5.97 Å². The molecule has 6 heteroatoms. The molecule has 5 nitrogen and oxygen atoms in total. The standard InChI is InChI=1S/C18H14INO4/c1-22-15-5-3-4-12(16(15)23-2)10-14-18(21)24-17(20-14)11-6-8-13(19)9-7-11/h3-10H,1-2H3. The number of hydrogen-bond donors (Lipinski definition) is 0. The zero-order valence-corrected chi connectivity index (χ0v) is 15.2. The average molecular weight is 435 g/mol. The molecule has 0 aromatic heterocycles. The van der Waals surface area contributed by atoms with E-state index in [4.69, 9.17) is 14.2 Å². The van der Waals surface area contributed by atoms with E-state index >= 15 is 0 Å². The lowest BCUT2D eigenvalue weighted by atomic mass is 10.1. The molecular weight excluding hydrogens is 421 g/mol. The second-order valence-corrected chi connectivity index (χ2v) is 6.17. The van der Waals surface area contributed by atoms with Crippen LogP contribution in [0.1, 0.15) is 11.1 Å². The fourth-order valence-corrected chi connectivity index (χ4v) is 2.66. The minimum Gasteiger partial charge on any atom is -0.493 e. The largest absolute Gasteiger partial charge is 0.493 e. The molecule has 1 aliphatic heterocycles. The molecule has 0 aliphatic carbocycles. The van der Waals surface area contributed by atoms with Gasteiger partial charge >= 0.3 is 5.97 Å². The number of aliphatic imine (C=N–C) groups is 1. The molecule has 0 radical (unpaired) electrons. The fourth-order valence-electron chi connectivity index (χ4n) is 2.30. The molecule has 0 saturated carbocycles. The first-order chi connectivity index (χ1) is 11.6. The number of hydrogen-bond acceptors (Lipinski definition) is 5. The van der Waals surface area contributed by atoms with Crippen LogP contribution in [0.25, 0.3) is 6.08 Å². The number of rotatable bonds is 4. The van der Waals surface area contributed by atoms with Crippen molar-refractivity contribution in [3.05, 3.63) is 62.9 Å². The summed E-state index contributed by atoms with van der Waals surface area (Å²) in [7, 11) is 3.11. The summed E-state index contributed by atoms with van der Waals surface area (Å²) in [4.78, 5) is 16.4. The van der Waals surface area contributed by atoms with Crippen molar-refractivity contribution in [2.75, 3.05) is 14.2 Å². The van der Waals surface area contributed by atoms with Crippen LogP contribution in [0, 0.1) is 3.57 Å². The molecule has 2 aromatic carbocycles. The highest BCUT2D eigenvalue weighted by Crippen LogP contribution is 2.33. The summed E-state index contributed by atoms with van der Waals surface area (Å²) >= 11 is 2.21. The van der Waals surface area contributed by atoms with Crippen molar-refractivity contribution in [2.45, 2.75) is 0 Å². The molecule has 0 atom stereocenters. The van der Waals surface area contributed by atoms with Gasteiger partial charge in [0.05, 0.1) is 14.2 Å². The van der Waals surface area contributed by atoms with Crippen molar-refractivity contribution in [1.29, 1.82) is 0 Å². The lowest BCUT2D eigenvalue weighted by molar-refractivity contribution is -0.129. The Kier molecular flexibility index (Phi) is 4.84. The summed E-state index contributed by atoms with van der Waals surface area (Å²) in [6, 6.07) is 13.0. The highest BCUT2D eigenvalue weighted by atomic mass is 127. The lowest BCUT2D eigenvalue weighted by Gasteiger charge is -2.09. The van der Waals surface area contributed by atoms with Crippen LogP contribution in [0.4, 0.5) is 0 Å². The number of halogens is 1. The molecule has 2 aromatic rings. The Labute approximate surface area is 153 Å². The maximum Gasteiger partial charge on any atom is 0.363 e. The second kappa shape index (κ2) is 7.04. The molecule has 0 fully saturated rings. The van der Waals surface area contributed by atoms with Crippen LogP contribution in [-0.2, 0) is 9.53 Å². The van der Waals surface area contributed by atoms with Crippen LogP contribution in [0.5, 0.6) is 11.5 Å². The predicted molar refractivity (Wildman–Crippen MR) is 99.3 cm³/mol. The number of para-hydroxylation sites is 1. The van der Waals surface area contributed by atoms with E-state index in [0.29, 0.717) is 23.0 Å². The van der Waals surface area contributed by atoms with Crippen LogP contribution < -0.4 is 9.47 Å². The summed E-state index contributed by atoms with van der Waals surface area (Å²) in [5.74, 6) is 0.927. The number of esters is 1. The van der Waals surface area contributed by atoms with Crippen molar-refractivity contribution in [1.82, 2.24) is 0 Å². The van der Waals surface area contributed by atoms with E-state index in [9.17, 15) is 4.79 Å².